The first-order chi connectivity index (χ1) is 3.27. The standard InChI is InChI=1S/C4H5BrO2/c1-2-3-7-4(5)6/h2H,1,3H2. The predicted octanol–water partition coefficient (Wildman–Crippen LogP) is 1.70. The Bertz CT molecular complexity index is 79.8. The summed E-state index contributed by atoms with van der Waals surface area (Å²) < 4.78 is 4.35. The van der Waals surface area contributed by atoms with Crippen LogP contribution in [-0.2, 0) is 4.74 Å². The molecule has 0 fully saturated rings. The van der Waals surface area contributed by atoms with Crippen molar-refractivity contribution < 1.29 is 9.53 Å². The Morgan fingerprint density at radius 2 is 2.57 bits per heavy atom. The molecule has 0 N–H and O–H groups in total. The molecule has 0 aromatic rings. The third-order valence-corrected chi connectivity index (χ3v) is 0.544. The Kier molecular flexibility index (Phi) is 3.69. The molecule has 2 nitrogen and oxygen atoms in total. The molecular weight excluding hydrogens is 160 g/mol. The molecular formula is C4H5BrO2. The Labute approximate surface area is 50.3 Å². The van der Waals surface area contributed by atoms with E-state index in [1.165, 1.54) is 6.08 Å². The fourth-order valence-electron chi connectivity index (χ4n) is 0.124. The van der Waals surface area contributed by atoms with Crippen LogP contribution in [0.3, 0.4) is 0 Å². The van der Waals surface area contributed by atoms with Crippen molar-refractivity contribution in [2.45, 2.75) is 0 Å². The molecule has 0 saturated heterocycles. The van der Waals surface area contributed by atoms with Gasteiger partial charge in [0.1, 0.15) is 6.61 Å². The molecule has 0 unspecified atom stereocenters. The summed E-state index contributed by atoms with van der Waals surface area (Å²) in [5, 5.41) is 0. The molecule has 0 aliphatic carbocycles. The summed E-state index contributed by atoms with van der Waals surface area (Å²) in [7, 11) is 0. The van der Waals surface area contributed by atoms with Crippen molar-refractivity contribution in [1.29, 1.82) is 0 Å². The normalized spacial score (nSPS) is 7.57. The first-order valence-corrected chi connectivity index (χ1v) is 2.50. The van der Waals surface area contributed by atoms with E-state index in [1.807, 2.05) is 0 Å². The van der Waals surface area contributed by atoms with E-state index in [1.54, 1.807) is 0 Å². The minimum atomic E-state index is -0.451. The van der Waals surface area contributed by atoms with E-state index in [9.17, 15) is 4.79 Å². The Hall–Kier alpha value is -0.310. The van der Waals surface area contributed by atoms with Crippen molar-refractivity contribution in [3.8, 4) is 0 Å². The number of carbonyl (C=O) groups is 1. The monoisotopic (exact) mass is 164 g/mol. The van der Waals surface area contributed by atoms with Gasteiger partial charge in [-0.05, 0) is 0 Å². The SMILES string of the molecule is C=CCOC(=O)Br. The molecule has 0 heterocycles. The molecule has 0 saturated carbocycles. The van der Waals surface area contributed by atoms with Crippen LogP contribution in [0.5, 0.6) is 0 Å². The van der Waals surface area contributed by atoms with Crippen LogP contribution in [0.1, 0.15) is 0 Å². The number of ether oxygens (including phenoxy) is 1. The van der Waals surface area contributed by atoms with Crippen LogP contribution >= 0.6 is 15.9 Å². The Morgan fingerprint density at radius 1 is 2.00 bits per heavy atom. The fourth-order valence-corrected chi connectivity index (χ4v) is 0.257. The number of hydrogen-bond donors (Lipinski definition) is 0. The van der Waals surface area contributed by atoms with Crippen molar-refractivity contribution in [3.63, 3.8) is 0 Å². The fraction of sp³-hybridized carbons (Fsp3) is 0.250. The molecule has 0 aliphatic heterocycles. The lowest BCUT2D eigenvalue weighted by Gasteiger charge is -1.89. The number of rotatable bonds is 2. The smallest absolute Gasteiger partial charge is 0.374 e. The van der Waals surface area contributed by atoms with E-state index in [0.29, 0.717) is 0 Å². The summed E-state index contributed by atoms with van der Waals surface area (Å²) in [6.07, 6.45) is 1.50. The number of hydrogen-bond acceptors (Lipinski definition) is 2. The zero-order chi connectivity index (χ0) is 5.70. The van der Waals surface area contributed by atoms with Crippen molar-refractivity contribution in [1.82, 2.24) is 0 Å². The topological polar surface area (TPSA) is 26.3 Å². The van der Waals surface area contributed by atoms with Crippen molar-refractivity contribution in [2.24, 2.45) is 0 Å². The first-order valence-electron chi connectivity index (χ1n) is 1.70. The van der Waals surface area contributed by atoms with Crippen LogP contribution in [0.25, 0.3) is 0 Å². The second kappa shape index (κ2) is 3.87. The van der Waals surface area contributed by atoms with E-state index in [0.717, 1.165) is 0 Å². The molecule has 0 atom stereocenters. The maximum atomic E-state index is 9.85. The predicted molar refractivity (Wildman–Crippen MR) is 30.5 cm³/mol. The second-order valence-electron chi connectivity index (χ2n) is 0.837. The lowest BCUT2D eigenvalue weighted by molar-refractivity contribution is 0.189. The second-order valence-corrected chi connectivity index (χ2v) is 1.48. The number of halogens is 1. The average molecular weight is 165 g/mol. The molecule has 40 valence electrons. The van der Waals surface area contributed by atoms with Crippen LogP contribution < -0.4 is 0 Å². The Morgan fingerprint density at radius 3 is 2.71 bits per heavy atom. The van der Waals surface area contributed by atoms with Crippen LogP contribution in [0.4, 0.5) is 4.79 Å². The minimum absolute atomic E-state index is 0.268. The summed E-state index contributed by atoms with van der Waals surface area (Å²) in [5.74, 6) is 0. The van der Waals surface area contributed by atoms with Gasteiger partial charge >= 0.3 is 4.88 Å². The quantitative estimate of drug-likeness (QED) is 0.459. The molecule has 7 heavy (non-hydrogen) atoms. The van der Waals surface area contributed by atoms with Crippen molar-refractivity contribution >= 4 is 20.8 Å². The van der Waals surface area contributed by atoms with Crippen molar-refractivity contribution in [2.75, 3.05) is 6.61 Å². The maximum absolute atomic E-state index is 9.85. The van der Waals surface area contributed by atoms with Crippen LogP contribution in [0.15, 0.2) is 12.7 Å². The summed E-state index contributed by atoms with van der Waals surface area (Å²) in [5.41, 5.74) is 0. The van der Waals surface area contributed by atoms with E-state index in [-0.39, 0.29) is 6.61 Å². The van der Waals surface area contributed by atoms with E-state index in [2.05, 4.69) is 27.2 Å². The van der Waals surface area contributed by atoms with Gasteiger partial charge in [-0.15, -0.1) is 0 Å². The highest BCUT2D eigenvalue weighted by atomic mass is 79.9. The van der Waals surface area contributed by atoms with Crippen molar-refractivity contribution in [3.05, 3.63) is 12.7 Å². The lowest BCUT2D eigenvalue weighted by atomic mass is 10.7. The van der Waals surface area contributed by atoms with Gasteiger partial charge in [-0.3, -0.25) is 0 Å². The maximum Gasteiger partial charge on any atom is 0.374 e. The summed E-state index contributed by atoms with van der Waals surface area (Å²) in [6.45, 7) is 3.60. The molecule has 0 aromatic heterocycles. The van der Waals surface area contributed by atoms with Gasteiger partial charge in [-0.1, -0.05) is 12.7 Å². The minimum Gasteiger partial charge on any atom is -0.453 e. The van der Waals surface area contributed by atoms with Gasteiger partial charge in [0.15, 0.2) is 0 Å². The van der Waals surface area contributed by atoms with Crippen LogP contribution in [-0.4, -0.2) is 11.5 Å². The average Bonchev–Trinajstić information content (AvgIpc) is 1.61. The molecule has 0 amide bonds. The highest BCUT2D eigenvalue weighted by Crippen LogP contribution is 1.88. The van der Waals surface area contributed by atoms with Gasteiger partial charge in [-0.2, -0.15) is 0 Å². The zero-order valence-electron chi connectivity index (χ0n) is 3.69. The van der Waals surface area contributed by atoms with Gasteiger partial charge < -0.3 is 4.74 Å². The van der Waals surface area contributed by atoms with Gasteiger partial charge in [0.25, 0.3) is 0 Å². The molecule has 3 heteroatoms. The lowest BCUT2D eigenvalue weighted by Crippen LogP contribution is -1.90. The van der Waals surface area contributed by atoms with Crippen LogP contribution in [0.2, 0.25) is 0 Å². The van der Waals surface area contributed by atoms with Crippen LogP contribution in [0, 0.1) is 0 Å². The molecule has 0 spiro atoms. The molecule has 0 rings (SSSR count). The molecule has 0 bridgehead atoms. The Balaban J connectivity index is 2.97. The third kappa shape index (κ3) is 5.69. The molecule has 0 aliphatic rings. The highest BCUT2D eigenvalue weighted by Gasteiger charge is 1.86. The van der Waals surface area contributed by atoms with Gasteiger partial charge in [0.2, 0.25) is 0 Å². The van der Waals surface area contributed by atoms with E-state index in [4.69, 9.17) is 0 Å². The molecule has 0 aromatic carbocycles. The largest absolute Gasteiger partial charge is 0.453 e. The van der Waals surface area contributed by atoms with E-state index < -0.39 is 4.88 Å². The highest BCUT2D eigenvalue weighted by molar-refractivity contribution is 9.18. The van der Waals surface area contributed by atoms with E-state index >= 15 is 0 Å². The summed E-state index contributed by atoms with van der Waals surface area (Å²) in [6, 6.07) is 0. The first kappa shape index (κ1) is 6.69. The zero-order valence-corrected chi connectivity index (χ0v) is 5.27. The van der Waals surface area contributed by atoms with Gasteiger partial charge in [0.05, 0.1) is 0 Å². The molecule has 0 radical (unpaired) electrons. The van der Waals surface area contributed by atoms with Gasteiger partial charge in [0, 0.05) is 15.9 Å². The summed E-state index contributed by atoms with van der Waals surface area (Å²) in [4.78, 5) is 9.40. The van der Waals surface area contributed by atoms with Gasteiger partial charge in [-0.25, -0.2) is 4.79 Å². The third-order valence-electron chi connectivity index (χ3n) is 0.315. The summed E-state index contributed by atoms with van der Waals surface area (Å²) >= 11 is 2.57. The number of carbonyl (C=O) groups excluding carboxylic acids is 1.